The molecule has 2 aliphatic rings. The summed E-state index contributed by atoms with van der Waals surface area (Å²) in [6.45, 7) is 10.7. The average Bonchev–Trinajstić information content (AvgIpc) is 2.85. The normalized spacial score (nSPS) is 19.7. The summed E-state index contributed by atoms with van der Waals surface area (Å²) in [5, 5.41) is 0.610. The molecule has 0 bridgehead atoms. The first-order valence-corrected chi connectivity index (χ1v) is 12.9. The Morgan fingerprint density at radius 2 is 1.67 bits per heavy atom. The van der Waals surface area contributed by atoms with Gasteiger partial charge in [-0.3, -0.25) is 19.4 Å². The topological polar surface area (TPSA) is 47.1 Å². The van der Waals surface area contributed by atoms with Crippen LogP contribution in [0.4, 0.5) is 4.39 Å². The Balaban J connectivity index is 1.35. The van der Waals surface area contributed by atoms with Gasteiger partial charge in [0.1, 0.15) is 5.82 Å². The van der Waals surface area contributed by atoms with E-state index in [9.17, 15) is 14.0 Å². The molecule has 0 saturated carbocycles. The maximum Gasteiger partial charge on any atom is 0.219 e. The largest absolute Gasteiger partial charge is 0.372 e. The number of piperazine rings is 2. The summed E-state index contributed by atoms with van der Waals surface area (Å²) in [6, 6.07) is 12.4. The molecule has 0 radical (unpaired) electrons. The van der Waals surface area contributed by atoms with Crippen molar-refractivity contribution in [2.24, 2.45) is 0 Å². The second kappa shape index (κ2) is 12.0. The van der Waals surface area contributed by atoms with Crippen LogP contribution in [0, 0.1) is 5.82 Å². The maximum atomic E-state index is 13.2. The number of carbonyl (C=O) groups excluding carboxylic acids is 2. The van der Waals surface area contributed by atoms with Gasteiger partial charge in [0.2, 0.25) is 5.91 Å². The van der Waals surface area contributed by atoms with Gasteiger partial charge >= 0.3 is 0 Å². The zero-order valence-electron chi connectivity index (χ0n) is 21.0. The van der Waals surface area contributed by atoms with Crippen molar-refractivity contribution < 1.29 is 14.0 Å². The minimum atomic E-state index is -0.217. The molecule has 0 N–H and O–H groups in total. The molecule has 2 aliphatic heterocycles. The van der Waals surface area contributed by atoms with Crippen LogP contribution < -0.4 is 0 Å². The lowest BCUT2D eigenvalue weighted by atomic mass is 10.0. The monoisotopic (exact) mass is 512 g/mol. The summed E-state index contributed by atoms with van der Waals surface area (Å²) in [5.41, 5.74) is 2.67. The van der Waals surface area contributed by atoms with Gasteiger partial charge in [-0.1, -0.05) is 23.7 Å². The molecule has 0 aliphatic carbocycles. The lowest BCUT2D eigenvalue weighted by Gasteiger charge is -2.39. The van der Waals surface area contributed by atoms with Crippen molar-refractivity contribution in [3.05, 3.63) is 82.3 Å². The molecule has 6 nitrogen and oxygen atoms in total. The zero-order valence-corrected chi connectivity index (χ0v) is 21.8. The lowest BCUT2D eigenvalue weighted by Crippen LogP contribution is -2.49. The smallest absolute Gasteiger partial charge is 0.219 e. The number of rotatable bonds is 7. The van der Waals surface area contributed by atoms with Gasteiger partial charge in [-0.15, -0.1) is 0 Å². The number of allylic oxidation sites excluding steroid dienone is 1. The van der Waals surface area contributed by atoms with Crippen LogP contribution in [0.3, 0.4) is 0 Å². The molecule has 192 valence electrons. The fraction of sp³-hybridized carbons (Fsp3) is 0.429. The van der Waals surface area contributed by atoms with Gasteiger partial charge in [0.25, 0.3) is 0 Å². The maximum absolute atomic E-state index is 13.2. The van der Waals surface area contributed by atoms with Crippen molar-refractivity contribution in [2.45, 2.75) is 33.0 Å². The highest BCUT2D eigenvalue weighted by Gasteiger charge is 2.23. The van der Waals surface area contributed by atoms with E-state index in [2.05, 4.69) is 21.6 Å². The summed E-state index contributed by atoms with van der Waals surface area (Å²) < 4.78 is 13.2. The summed E-state index contributed by atoms with van der Waals surface area (Å²) in [7, 11) is 0. The molecule has 2 aromatic carbocycles. The van der Waals surface area contributed by atoms with Crippen LogP contribution in [-0.4, -0.2) is 83.1 Å². The summed E-state index contributed by atoms with van der Waals surface area (Å²) >= 11 is 6.27. The molecular formula is C28H34ClFN4O2. The van der Waals surface area contributed by atoms with Crippen LogP contribution >= 0.6 is 11.6 Å². The molecule has 36 heavy (non-hydrogen) atoms. The van der Waals surface area contributed by atoms with Gasteiger partial charge in [0.15, 0.2) is 5.78 Å². The van der Waals surface area contributed by atoms with Crippen molar-refractivity contribution in [2.75, 3.05) is 45.8 Å². The van der Waals surface area contributed by atoms with E-state index in [0.717, 1.165) is 50.4 Å². The molecule has 0 aromatic heterocycles. The quantitative estimate of drug-likeness (QED) is 0.414. The minimum Gasteiger partial charge on any atom is -0.372 e. The average molecular weight is 513 g/mol. The van der Waals surface area contributed by atoms with Gasteiger partial charge in [-0.2, -0.15) is 0 Å². The number of hydrogen-bond donors (Lipinski definition) is 0. The number of amides is 1. The van der Waals surface area contributed by atoms with E-state index in [4.69, 9.17) is 11.6 Å². The van der Waals surface area contributed by atoms with Crippen LogP contribution in [-0.2, 0) is 17.9 Å². The molecule has 4 rings (SSSR count). The fourth-order valence-electron chi connectivity index (χ4n) is 4.91. The number of hydrogen-bond acceptors (Lipinski definition) is 5. The Bertz CT molecular complexity index is 1100. The molecule has 1 amide bonds. The predicted molar refractivity (Wildman–Crippen MR) is 140 cm³/mol. The van der Waals surface area contributed by atoms with Gasteiger partial charge in [0, 0.05) is 94.7 Å². The van der Waals surface area contributed by atoms with Gasteiger partial charge < -0.3 is 9.80 Å². The molecule has 0 spiro atoms. The molecule has 8 heteroatoms. The van der Waals surface area contributed by atoms with Crippen molar-refractivity contribution in [1.82, 2.24) is 19.6 Å². The van der Waals surface area contributed by atoms with Crippen LogP contribution in [0.25, 0.3) is 0 Å². The lowest BCUT2D eigenvalue weighted by molar-refractivity contribution is -0.130. The third-order valence-electron chi connectivity index (χ3n) is 7.04. The van der Waals surface area contributed by atoms with Crippen molar-refractivity contribution >= 4 is 23.3 Å². The molecule has 2 saturated heterocycles. The van der Waals surface area contributed by atoms with E-state index in [1.54, 1.807) is 25.1 Å². The second-order valence-electron chi connectivity index (χ2n) is 9.71. The zero-order chi connectivity index (χ0) is 25.7. The Morgan fingerprint density at radius 3 is 2.33 bits per heavy atom. The molecule has 2 heterocycles. The van der Waals surface area contributed by atoms with Crippen molar-refractivity contribution in [3.63, 3.8) is 0 Å². The summed E-state index contributed by atoms with van der Waals surface area (Å²) in [6.07, 6.45) is 3.57. The SMILES string of the molecule is CC(=O)N1CCN(Cc2cc(Cl)ccc2C(=O)/C=C/N2CCN(Cc3ccc(F)cc3)CC2C)CC1. The van der Waals surface area contributed by atoms with Gasteiger partial charge in [-0.05, 0) is 48.4 Å². The molecule has 2 aromatic rings. The Hall–Kier alpha value is -2.74. The number of carbonyl (C=O) groups is 2. The van der Waals surface area contributed by atoms with E-state index in [-0.39, 0.29) is 23.5 Å². The highest BCUT2D eigenvalue weighted by molar-refractivity contribution is 6.30. The highest BCUT2D eigenvalue weighted by atomic mass is 35.5. The highest BCUT2D eigenvalue weighted by Crippen LogP contribution is 2.21. The van der Waals surface area contributed by atoms with E-state index in [1.807, 2.05) is 29.3 Å². The standard InChI is InChI=1S/C28H34ClFN4O2/c1-21-18-32(19-23-3-6-26(30)7-4-23)13-14-33(21)10-9-28(36)27-8-5-25(29)17-24(27)20-31-11-15-34(16-12-31)22(2)35/h3-10,17,21H,11-16,18-20H2,1-2H3/b10-9+. The Kier molecular flexibility index (Phi) is 8.77. The first kappa shape index (κ1) is 26.3. The van der Waals surface area contributed by atoms with E-state index in [1.165, 1.54) is 12.1 Å². The number of halogens is 2. The third-order valence-corrected chi connectivity index (χ3v) is 7.28. The summed E-state index contributed by atoms with van der Waals surface area (Å²) in [4.78, 5) is 33.4. The van der Waals surface area contributed by atoms with Crippen molar-refractivity contribution in [1.29, 1.82) is 0 Å². The van der Waals surface area contributed by atoms with Crippen molar-refractivity contribution in [3.8, 4) is 0 Å². The second-order valence-corrected chi connectivity index (χ2v) is 10.1. The summed E-state index contributed by atoms with van der Waals surface area (Å²) in [5.74, 6) is -0.153. The molecule has 2 fully saturated rings. The predicted octanol–water partition coefficient (Wildman–Crippen LogP) is 4.05. The van der Waals surface area contributed by atoms with Gasteiger partial charge in [-0.25, -0.2) is 4.39 Å². The minimum absolute atomic E-state index is 0.0371. The molecule has 1 unspecified atom stereocenters. The van der Waals surface area contributed by atoms with Crippen LogP contribution in [0.1, 0.15) is 35.3 Å². The van der Waals surface area contributed by atoms with E-state index in [0.29, 0.717) is 30.2 Å². The number of nitrogens with zero attached hydrogens (tertiary/aromatic N) is 4. The Labute approximate surface area is 217 Å². The molecular weight excluding hydrogens is 479 g/mol. The van der Waals surface area contributed by atoms with Crippen LogP contribution in [0.2, 0.25) is 5.02 Å². The number of benzene rings is 2. The van der Waals surface area contributed by atoms with Crippen LogP contribution in [0.5, 0.6) is 0 Å². The third kappa shape index (κ3) is 6.93. The first-order chi connectivity index (χ1) is 17.3. The van der Waals surface area contributed by atoms with E-state index >= 15 is 0 Å². The Morgan fingerprint density at radius 1 is 0.972 bits per heavy atom. The molecule has 1 atom stereocenters. The fourth-order valence-corrected chi connectivity index (χ4v) is 5.10. The first-order valence-electron chi connectivity index (χ1n) is 12.5. The van der Waals surface area contributed by atoms with Gasteiger partial charge in [0.05, 0.1) is 0 Å². The van der Waals surface area contributed by atoms with Crippen LogP contribution in [0.15, 0.2) is 54.7 Å². The van der Waals surface area contributed by atoms with E-state index < -0.39 is 0 Å². The number of ketones is 1.